The van der Waals surface area contributed by atoms with Crippen LogP contribution in [0.5, 0.6) is 11.6 Å². The number of anilines is 1. The van der Waals surface area contributed by atoms with Crippen molar-refractivity contribution in [2.75, 3.05) is 18.4 Å². The summed E-state index contributed by atoms with van der Waals surface area (Å²) in [5.74, 6) is 1.58. The molecular formula is C21H25N3O2. The van der Waals surface area contributed by atoms with Gasteiger partial charge in [0.1, 0.15) is 5.75 Å². The van der Waals surface area contributed by atoms with E-state index < -0.39 is 0 Å². The molecule has 5 nitrogen and oxygen atoms in total. The Labute approximate surface area is 154 Å². The first kappa shape index (κ1) is 17.0. The van der Waals surface area contributed by atoms with Gasteiger partial charge in [0.2, 0.25) is 11.8 Å². The number of amides is 1. The molecule has 136 valence electrons. The van der Waals surface area contributed by atoms with Gasteiger partial charge in [0, 0.05) is 12.0 Å². The molecule has 1 unspecified atom stereocenters. The number of ether oxygens (including phenoxy) is 1. The molecule has 2 aromatic rings. The average molecular weight is 351 g/mol. The molecule has 1 atom stereocenters. The maximum atomic E-state index is 12.5. The van der Waals surface area contributed by atoms with Crippen molar-refractivity contribution < 1.29 is 9.53 Å². The van der Waals surface area contributed by atoms with E-state index in [0.717, 1.165) is 50.2 Å². The minimum Gasteiger partial charge on any atom is -0.439 e. The van der Waals surface area contributed by atoms with Crippen molar-refractivity contribution in [3.8, 4) is 11.6 Å². The molecule has 2 aliphatic rings. The number of hydrogen-bond acceptors (Lipinski definition) is 4. The number of carbonyl (C=O) groups is 1. The van der Waals surface area contributed by atoms with Gasteiger partial charge in [-0.15, -0.1) is 0 Å². The fourth-order valence-electron chi connectivity index (χ4n) is 3.89. The van der Waals surface area contributed by atoms with Gasteiger partial charge in [-0.05, 0) is 68.0 Å². The largest absolute Gasteiger partial charge is 0.439 e. The first-order chi connectivity index (χ1) is 12.7. The number of aromatic nitrogens is 1. The van der Waals surface area contributed by atoms with Crippen LogP contribution in [0.3, 0.4) is 0 Å². The number of piperidine rings is 1. The van der Waals surface area contributed by atoms with Gasteiger partial charge < -0.3 is 15.4 Å². The molecule has 1 aliphatic carbocycles. The van der Waals surface area contributed by atoms with Crippen LogP contribution in [0.1, 0.15) is 31.7 Å². The number of nitrogens with one attached hydrogen (secondary N) is 2. The molecule has 0 radical (unpaired) electrons. The zero-order valence-corrected chi connectivity index (χ0v) is 15.1. The summed E-state index contributed by atoms with van der Waals surface area (Å²) in [6.07, 6.45) is 5.85. The Balaban J connectivity index is 1.35. The van der Waals surface area contributed by atoms with Crippen molar-refractivity contribution in [1.29, 1.82) is 0 Å². The number of benzene rings is 1. The highest BCUT2D eigenvalue weighted by atomic mass is 16.5. The first-order valence-electron chi connectivity index (χ1n) is 9.43. The number of rotatable bonds is 5. The summed E-state index contributed by atoms with van der Waals surface area (Å²) in [5, 5.41) is 6.37. The van der Waals surface area contributed by atoms with E-state index in [1.165, 1.54) is 5.56 Å². The molecular weight excluding hydrogens is 326 g/mol. The Hall–Kier alpha value is -2.40. The second kappa shape index (κ2) is 7.08. The number of pyridine rings is 1. The van der Waals surface area contributed by atoms with Gasteiger partial charge >= 0.3 is 0 Å². The Bertz CT molecular complexity index is 782. The normalized spacial score (nSPS) is 20.6. The van der Waals surface area contributed by atoms with Crippen LogP contribution < -0.4 is 15.4 Å². The van der Waals surface area contributed by atoms with Crippen LogP contribution in [-0.2, 0) is 11.2 Å². The molecule has 1 aliphatic heterocycles. The van der Waals surface area contributed by atoms with Crippen LogP contribution in [0.15, 0.2) is 42.6 Å². The Morgan fingerprint density at radius 2 is 2.15 bits per heavy atom. The SMILES string of the molecule is CCc1cccc(Oc2ccc(NC(=O)C3CC34CCNCC4)cn2)c1. The minimum absolute atomic E-state index is 0.123. The van der Waals surface area contributed by atoms with Crippen molar-refractivity contribution in [3.63, 3.8) is 0 Å². The Kier molecular flexibility index (Phi) is 4.64. The lowest BCUT2D eigenvalue weighted by Crippen LogP contribution is -2.31. The number of hydrogen-bond donors (Lipinski definition) is 2. The maximum absolute atomic E-state index is 12.5. The maximum Gasteiger partial charge on any atom is 0.228 e. The van der Waals surface area contributed by atoms with Crippen molar-refractivity contribution >= 4 is 11.6 Å². The highest BCUT2D eigenvalue weighted by molar-refractivity contribution is 5.95. The van der Waals surface area contributed by atoms with E-state index >= 15 is 0 Å². The van der Waals surface area contributed by atoms with Crippen LogP contribution in [0, 0.1) is 11.3 Å². The molecule has 2 heterocycles. The van der Waals surface area contributed by atoms with Crippen LogP contribution in [0.25, 0.3) is 0 Å². The first-order valence-corrected chi connectivity index (χ1v) is 9.43. The van der Waals surface area contributed by atoms with Gasteiger partial charge in [0.15, 0.2) is 0 Å². The van der Waals surface area contributed by atoms with Gasteiger partial charge in [-0.2, -0.15) is 0 Å². The fraction of sp³-hybridized carbons (Fsp3) is 0.429. The van der Waals surface area contributed by atoms with Crippen LogP contribution in [-0.4, -0.2) is 24.0 Å². The van der Waals surface area contributed by atoms with E-state index in [4.69, 9.17) is 4.74 Å². The molecule has 2 fully saturated rings. The lowest BCUT2D eigenvalue weighted by atomic mass is 9.92. The summed E-state index contributed by atoms with van der Waals surface area (Å²) in [5.41, 5.74) is 2.19. The lowest BCUT2D eigenvalue weighted by molar-refractivity contribution is -0.118. The van der Waals surface area contributed by atoms with Gasteiger partial charge in [-0.3, -0.25) is 4.79 Å². The highest BCUT2D eigenvalue weighted by Gasteiger charge is 2.57. The molecule has 1 aromatic carbocycles. The molecule has 1 saturated heterocycles. The molecule has 1 aromatic heterocycles. The minimum atomic E-state index is 0.123. The van der Waals surface area contributed by atoms with Gasteiger partial charge in [0.25, 0.3) is 0 Å². The summed E-state index contributed by atoms with van der Waals surface area (Å²) in [6.45, 7) is 4.16. The van der Waals surface area contributed by atoms with Crippen LogP contribution in [0.2, 0.25) is 0 Å². The van der Waals surface area contributed by atoms with Gasteiger partial charge in [0.05, 0.1) is 11.9 Å². The number of carbonyl (C=O) groups excluding carboxylic acids is 1. The van der Waals surface area contributed by atoms with Crippen molar-refractivity contribution in [2.45, 2.75) is 32.6 Å². The van der Waals surface area contributed by atoms with E-state index in [1.807, 2.05) is 24.3 Å². The van der Waals surface area contributed by atoms with Crippen molar-refractivity contribution in [1.82, 2.24) is 10.3 Å². The molecule has 5 heteroatoms. The van der Waals surface area contributed by atoms with Crippen molar-refractivity contribution in [3.05, 3.63) is 48.2 Å². The fourth-order valence-corrected chi connectivity index (χ4v) is 3.89. The van der Waals surface area contributed by atoms with E-state index in [0.29, 0.717) is 5.88 Å². The topological polar surface area (TPSA) is 63.2 Å². The molecule has 4 rings (SSSR count). The van der Waals surface area contributed by atoms with E-state index in [9.17, 15) is 4.79 Å². The second-order valence-corrected chi connectivity index (χ2v) is 7.35. The van der Waals surface area contributed by atoms with Crippen LogP contribution >= 0.6 is 0 Å². The summed E-state index contributed by atoms with van der Waals surface area (Å²) in [6, 6.07) is 11.6. The zero-order valence-electron chi connectivity index (χ0n) is 15.1. The molecule has 1 amide bonds. The highest BCUT2D eigenvalue weighted by Crippen LogP contribution is 2.58. The third-order valence-electron chi connectivity index (χ3n) is 5.64. The summed E-state index contributed by atoms with van der Waals surface area (Å²) < 4.78 is 5.80. The van der Waals surface area contributed by atoms with E-state index in [-0.39, 0.29) is 17.2 Å². The molecule has 2 N–H and O–H groups in total. The number of aryl methyl sites for hydroxylation is 1. The lowest BCUT2D eigenvalue weighted by Gasteiger charge is -2.23. The molecule has 1 spiro atoms. The van der Waals surface area contributed by atoms with E-state index in [2.05, 4.69) is 28.6 Å². The predicted octanol–water partition coefficient (Wildman–Crippen LogP) is 3.76. The third kappa shape index (κ3) is 3.58. The zero-order chi connectivity index (χ0) is 18.0. The summed E-state index contributed by atoms with van der Waals surface area (Å²) in [7, 11) is 0. The quantitative estimate of drug-likeness (QED) is 0.861. The molecule has 0 bridgehead atoms. The molecule has 26 heavy (non-hydrogen) atoms. The van der Waals surface area contributed by atoms with E-state index in [1.54, 1.807) is 12.3 Å². The third-order valence-corrected chi connectivity index (χ3v) is 5.64. The monoisotopic (exact) mass is 351 g/mol. The average Bonchev–Trinajstić information content (AvgIpc) is 3.37. The predicted molar refractivity (Wildman–Crippen MR) is 101 cm³/mol. The van der Waals surface area contributed by atoms with Gasteiger partial charge in [-0.25, -0.2) is 4.98 Å². The second-order valence-electron chi connectivity index (χ2n) is 7.35. The van der Waals surface area contributed by atoms with Crippen molar-refractivity contribution in [2.24, 2.45) is 11.3 Å². The van der Waals surface area contributed by atoms with Crippen LogP contribution in [0.4, 0.5) is 5.69 Å². The summed E-state index contributed by atoms with van der Waals surface area (Å²) >= 11 is 0. The number of nitrogens with zero attached hydrogens (tertiary/aromatic N) is 1. The smallest absolute Gasteiger partial charge is 0.228 e. The Morgan fingerprint density at radius 3 is 2.88 bits per heavy atom. The standard InChI is InChI=1S/C21H25N3O2/c1-2-15-4-3-5-17(12-15)26-19-7-6-16(14-23-19)24-20(25)18-13-21(18)8-10-22-11-9-21/h3-7,12,14,18,22H,2,8-11,13H2,1H3,(H,24,25). The summed E-state index contributed by atoms with van der Waals surface area (Å²) in [4.78, 5) is 16.8. The Morgan fingerprint density at radius 1 is 1.31 bits per heavy atom. The van der Waals surface area contributed by atoms with Gasteiger partial charge in [-0.1, -0.05) is 19.1 Å². The molecule has 1 saturated carbocycles.